The Morgan fingerprint density at radius 1 is 1.22 bits per heavy atom. The minimum atomic E-state index is -0.272. The van der Waals surface area contributed by atoms with E-state index in [-0.39, 0.29) is 11.6 Å². The van der Waals surface area contributed by atoms with E-state index < -0.39 is 0 Å². The van der Waals surface area contributed by atoms with Gasteiger partial charge in [0.05, 0.1) is 17.9 Å². The number of carbonyl (C=O) groups is 1. The Labute approximate surface area is 134 Å². The van der Waals surface area contributed by atoms with Crippen molar-refractivity contribution >= 4 is 5.91 Å². The number of carbonyl (C=O) groups excluding carboxylic acids is 1. The van der Waals surface area contributed by atoms with Crippen LogP contribution in [-0.2, 0) is 13.6 Å². The first-order valence-electron chi connectivity index (χ1n) is 7.34. The molecule has 0 aliphatic carbocycles. The van der Waals surface area contributed by atoms with Gasteiger partial charge in [-0.05, 0) is 19.9 Å². The van der Waals surface area contributed by atoms with Crippen LogP contribution in [0.5, 0.6) is 0 Å². The number of hydrogen-bond acceptors (Lipinski definition) is 4. The van der Waals surface area contributed by atoms with E-state index in [9.17, 15) is 4.79 Å². The van der Waals surface area contributed by atoms with Crippen molar-refractivity contribution in [3.05, 3.63) is 59.0 Å². The average molecular weight is 310 g/mol. The van der Waals surface area contributed by atoms with Crippen LogP contribution in [-0.4, -0.2) is 20.8 Å². The Kier molecular flexibility index (Phi) is 3.97. The fraction of sp³-hybridized carbons (Fsp3) is 0.235. The van der Waals surface area contributed by atoms with Crippen molar-refractivity contribution in [2.75, 3.05) is 0 Å². The Morgan fingerprint density at radius 3 is 2.61 bits per heavy atom. The quantitative estimate of drug-likeness (QED) is 0.804. The zero-order valence-electron chi connectivity index (χ0n) is 13.3. The fourth-order valence-electron chi connectivity index (χ4n) is 2.33. The topological polar surface area (TPSA) is 73.0 Å². The molecule has 1 amide bonds. The van der Waals surface area contributed by atoms with Crippen molar-refractivity contribution in [2.45, 2.75) is 20.4 Å². The molecule has 0 spiro atoms. The summed E-state index contributed by atoms with van der Waals surface area (Å²) < 4.78 is 7.01. The van der Waals surface area contributed by atoms with Gasteiger partial charge in [-0.1, -0.05) is 35.0 Å². The third-order valence-electron chi connectivity index (χ3n) is 3.61. The van der Waals surface area contributed by atoms with Gasteiger partial charge < -0.3 is 9.84 Å². The van der Waals surface area contributed by atoms with E-state index in [1.165, 1.54) is 0 Å². The standard InChI is InChI=1S/C17H18N4O2/c1-11-4-6-13(7-5-11)16-9-15(20-23-16)17(22)18-10-14-8-12(2)19-21(14)3/h4-9H,10H2,1-3H3,(H,18,22). The highest BCUT2D eigenvalue weighted by atomic mass is 16.5. The Balaban J connectivity index is 1.69. The van der Waals surface area contributed by atoms with Crippen LogP contribution in [0, 0.1) is 13.8 Å². The summed E-state index contributed by atoms with van der Waals surface area (Å²) >= 11 is 0. The lowest BCUT2D eigenvalue weighted by atomic mass is 10.1. The van der Waals surface area contributed by atoms with Gasteiger partial charge in [0.25, 0.3) is 5.91 Å². The molecule has 0 fully saturated rings. The van der Waals surface area contributed by atoms with Gasteiger partial charge in [0, 0.05) is 18.7 Å². The monoisotopic (exact) mass is 310 g/mol. The van der Waals surface area contributed by atoms with Gasteiger partial charge in [-0.25, -0.2) is 0 Å². The summed E-state index contributed by atoms with van der Waals surface area (Å²) in [5.41, 5.74) is 4.17. The highest BCUT2D eigenvalue weighted by Gasteiger charge is 2.14. The van der Waals surface area contributed by atoms with Gasteiger partial charge in [-0.3, -0.25) is 9.48 Å². The Morgan fingerprint density at radius 2 is 1.96 bits per heavy atom. The summed E-state index contributed by atoms with van der Waals surface area (Å²) in [6.07, 6.45) is 0. The fourth-order valence-corrected chi connectivity index (χ4v) is 2.33. The number of rotatable bonds is 4. The van der Waals surface area contributed by atoms with Gasteiger partial charge >= 0.3 is 0 Å². The molecule has 3 aromatic rings. The van der Waals surface area contributed by atoms with E-state index in [0.29, 0.717) is 12.3 Å². The van der Waals surface area contributed by atoms with E-state index in [1.54, 1.807) is 10.7 Å². The maximum absolute atomic E-state index is 12.2. The van der Waals surface area contributed by atoms with Crippen molar-refractivity contribution < 1.29 is 9.32 Å². The lowest BCUT2D eigenvalue weighted by Gasteiger charge is -2.02. The Hall–Kier alpha value is -2.89. The summed E-state index contributed by atoms with van der Waals surface area (Å²) in [5.74, 6) is 0.303. The molecule has 0 aliphatic heterocycles. The first-order valence-corrected chi connectivity index (χ1v) is 7.34. The molecule has 0 saturated heterocycles. The normalized spacial score (nSPS) is 10.7. The first kappa shape index (κ1) is 15.0. The molecule has 0 radical (unpaired) electrons. The largest absolute Gasteiger partial charge is 0.355 e. The van der Waals surface area contributed by atoms with Crippen LogP contribution >= 0.6 is 0 Å². The molecule has 2 aromatic heterocycles. The maximum Gasteiger partial charge on any atom is 0.273 e. The van der Waals surface area contributed by atoms with E-state index in [4.69, 9.17) is 4.52 Å². The number of amides is 1. The predicted octanol–water partition coefficient (Wildman–Crippen LogP) is 2.62. The van der Waals surface area contributed by atoms with Crippen molar-refractivity contribution in [1.82, 2.24) is 20.3 Å². The molecule has 1 aromatic carbocycles. The minimum Gasteiger partial charge on any atom is -0.355 e. The molecule has 0 bridgehead atoms. The van der Waals surface area contributed by atoms with Crippen LogP contribution in [0.15, 0.2) is 40.9 Å². The molecule has 118 valence electrons. The van der Waals surface area contributed by atoms with Crippen LogP contribution in [0.4, 0.5) is 0 Å². The molecular weight excluding hydrogens is 292 g/mol. The number of aryl methyl sites for hydroxylation is 3. The minimum absolute atomic E-state index is 0.263. The highest BCUT2D eigenvalue weighted by molar-refractivity contribution is 5.93. The summed E-state index contributed by atoms with van der Waals surface area (Å²) in [5, 5.41) is 10.9. The number of aromatic nitrogens is 3. The maximum atomic E-state index is 12.2. The molecule has 23 heavy (non-hydrogen) atoms. The zero-order chi connectivity index (χ0) is 16.4. The average Bonchev–Trinajstić information content (AvgIpc) is 3.12. The van der Waals surface area contributed by atoms with Gasteiger partial charge in [-0.2, -0.15) is 5.10 Å². The van der Waals surface area contributed by atoms with Crippen molar-refractivity contribution in [2.24, 2.45) is 7.05 Å². The predicted molar refractivity (Wildman–Crippen MR) is 85.8 cm³/mol. The smallest absolute Gasteiger partial charge is 0.273 e. The second-order valence-corrected chi connectivity index (χ2v) is 5.53. The van der Waals surface area contributed by atoms with Crippen LogP contribution < -0.4 is 5.32 Å². The summed E-state index contributed by atoms with van der Waals surface area (Å²) in [4.78, 5) is 12.2. The number of benzene rings is 1. The Bertz CT molecular complexity index is 831. The van der Waals surface area contributed by atoms with Crippen LogP contribution in [0.2, 0.25) is 0 Å². The lowest BCUT2D eigenvalue weighted by Crippen LogP contribution is -2.24. The zero-order valence-corrected chi connectivity index (χ0v) is 13.3. The number of nitrogens with zero attached hydrogens (tertiary/aromatic N) is 3. The molecule has 6 heteroatoms. The van der Waals surface area contributed by atoms with E-state index >= 15 is 0 Å². The summed E-state index contributed by atoms with van der Waals surface area (Å²) in [6, 6.07) is 11.4. The number of nitrogens with one attached hydrogen (secondary N) is 1. The van der Waals surface area contributed by atoms with Crippen LogP contribution in [0.1, 0.15) is 27.4 Å². The van der Waals surface area contributed by atoms with Gasteiger partial charge in [0.15, 0.2) is 11.5 Å². The molecule has 0 atom stereocenters. The summed E-state index contributed by atoms with van der Waals surface area (Å²) in [6.45, 7) is 4.32. The lowest BCUT2D eigenvalue weighted by molar-refractivity contribution is 0.0941. The number of hydrogen-bond donors (Lipinski definition) is 1. The molecule has 0 aliphatic rings. The first-order chi connectivity index (χ1) is 11.0. The highest BCUT2D eigenvalue weighted by Crippen LogP contribution is 2.20. The van der Waals surface area contributed by atoms with Crippen LogP contribution in [0.3, 0.4) is 0 Å². The van der Waals surface area contributed by atoms with Crippen molar-refractivity contribution in [1.29, 1.82) is 0 Å². The van der Waals surface area contributed by atoms with Gasteiger partial charge in [-0.15, -0.1) is 0 Å². The van der Waals surface area contributed by atoms with E-state index in [1.807, 2.05) is 51.2 Å². The van der Waals surface area contributed by atoms with E-state index in [0.717, 1.165) is 22.5 Å². The van der Waals surface area contributed by atoms with Gasteiger partial charge in [0.2, 0.25) is 0 Å². The third kappa shape index (κ3) is 3.31. The molecule has 6 nitrogen and oxygen atoms in total. The molecular formula is C17H18N4O2. The molecule has 2 heterocycles. The van der Waals surface area contributed by atoms with Crippen molar-refractivity contribution in [3.8, 4) is 11.3 Å². The molecule has 0 saturated carbocycles. The van der Waals surface area contributed by atoms with Gasteiger partial charge in [0.1, 0.15) is 0 Å². The second-order valence-electron chi connectivity index (χ2n) is 5.53. The third-order valence-corrected chi connectivity index (χ3v) is 3.61. The summed E-state index contributed by atoms with van der Waals surface area (Å²) in [7, 11) is 1.85. The second kappa shape index (κ2) is 6.08. The SMILES string of the molecule is Cc1ccc(-c2cc(C(=O)NCc3cc(C)nn3C)no2)cc1. The molecule has 0 unspecified atom stereocenters. The van der Waals surface area contributed by atoms with Crippen molar-refractivity contribution in [3.63, 3.8) is 0 Å². The van der Waals surface area contributed by atoms with Crippen LogP contribution in [0.25, 0.3) is 11.3 Å². The molecule has 3 rings (SSSR count). The molecule has 1 N–H and O–H groups in total. The van der Waals surface area contributed by atoms with E-state index in [2.05, 4.69) is 15.6 Å².